The van der Waals surface area contributed by atoms with Crippen molar-refractivity contribution in [2.24, 2.45) is 0 Å². The zero-order valence-corrected chi connectivity index (χ0v) is 23.3. The van der Waals surface area contributed by atoms with Crippen LogP contribution >= 0.6 is 11.3 Å². The van der Waals surface area contributed by atoms with Crippen molar-refractivity contribution in [3.63, 3.8) is 0 Å². The second-order valence-corrected chi connectivity index (χ2v) is 11.9. The normalized spacial score (nSPS) is 15.9. The fraction of sp³-hybridized carbons (Fsp3) is 0.355. The molecule has 0 radical (unpaired) electrons. The van der Waals surface area contributed by atoms with Crippen molar-refractivity contribution in [3.8, 4) is 11.1 Å². The van der Waals surface area contributed by atoms with E-state index in [-0.39, 0.29) is 12.2 Å². The molecular weight excluding hydrogens is 494 g/mol. The quantitative estimate of drug-likeness (QED) is 0.280. The monoisotopic (exact) mass is 529 g/mol. The molecule has 198 valence electrons. The van der Waals surface area contributed by atoms with Crippen LogP contribution in [0.15, 0.2) is 72.8 Å². The molecule has 0 spiro atoms. The van der Waals surface area contributed by atoms with Gasteiger partial charge >= 0.3 is 6.09 Å². The van der Waals surface area contributed by atoms with Gasteiger partial charge in [-0.1, -0.05) is 42.5 Å². The number of likely N-dealkylation sites (tertiary alicyclic amines) is 1. The second kappa shape index (κ2) is 11.2. The third-order valence-corrected chi connectivity index (χ3v) is 7.66. The number of anilines is 1. The predicted molar refractivity (Wildman–Crippen MR) is 155 cm³/mol. The Kier molecular flexibility index (Phi) is 7.79. The molecule has 1 N–H and O–H groups in total. The summed E-state index contributed by atoms with van der Waals surface area (Å²) in [5.41, 5.74) is 4.40. The van der Waals surface area contributed by atoms with Crippen molar-refractivity contribution in [3.05, 3.63) is 83.4 Å². The fourth-order valence-electron chi connectivity index (χ4n) is 4.64. The Morgan fingerprint density at radius 2 is 1.74 bits per heavy atom. The van der Waals surface area contributed by atoms with Crippen LogP contribution in [0.5, 0.6) is 0 Å². The zero-order valence-electron chi connectivity index (χ0n) is 22.4. The first-order valence-corrected chi connectivity index (χ1v) is 13.9. The minimum absolute atomic E-state index is 0.199. The zero-order chi connectivity index (χ0) is 26.7. The number of carbonyl (C=O) groups excluding carboxylic acids is 1. The molecule has 1 amide bonds. The lowest BCUT2D eigenvalue weighted by molar-refractivity contribution is -0.0234. The molecule has 0 saturated carbocycles. The minimum Gasteiger partial charge on any atom is -0.444 e. The topological polar surface area (TPSA) is 63.7 Å². The maximum absolute atomic E-state index is 12.1. The number of ether oxygens (including phenoxy) is 2. The van der Waals surface area contributed by atoms with Gasteiger partial charge in [0.25, 0.3) is 0 Å². The Morgan fingerprint density at radius 3 is 2.45 bits per heavy atom. The highest BCUT2D eigenvalue weighted by Crippen LogP contribution is 2.36. The van der Waals surface area contributed by atoms with Crippen LogP contribution in [0, 0.1) is 0 Å². The van der Waals surface area contributed by atoms with E-state index in [1.165, 1.54) is 4.70 Å². The number of aromatic nitrogens is 1. The van der Waals surface area contributed by atoms with Crippen molar-refractivity contribution in [1.82, 2.24) is 9.88 Å². The highest BCUT2D eigenvalue weighted by molar-refractivity contribution is 7.18. The molecule has 1 saturated heterocycles. The number of fused-ring (bicyclic) bond motifs is 1. The number of hydrogen-bond donors (Lipinski definition) is 1. The smallest absolute Gasteiger partial charge is 0.412 e. The molecule has 4 aromatic rings. The van der Waals surface area contributed by atoms with E-state index in [1.807, 2.05) is 51.1 Å². The van der Waals surface area contributed by atoms with Gasteiger partial charge in [0, 0.05) is 18.8 Å². The number of piperidine rings is 1. The van der Waals surface area contributed by atoms with Gasteiger partial charge in [0.05, 0.1) is 16.3 Å². The molecule has 2 heterocycles. The SMILES string of the molecule is CN1CCC(OC(c2cccc(-c3ccc(NC(=O)OC(C)(C)C)cc3)c2)c2nc3ccccc3s2)CC1. The molecule has 1 aliphatic rings. The van der Waals surface area contributed by atoms with Gasteiger partial charge in [0.2, 0.25) is 0 Å². The summed E-state index contributed by atoms with van der Waals surface area (Å²) >= 11 is 1.70. The van der Waals surface area contributed by atoms with Crippen LogP contribution in [0.3, 0.4) is 0 Å². The highest BCUT2D eigenvalue weighted by Gasteiger charge is 2.26. The van der Waals surface area contributed by atoms with Crippen molar-refractivity contribution in [1.29, 1.82) is 0 Å². The summed E-state index contributed by atoms with van der Waals surface area (Å²) in [5.74, 6) is 0. The number of carbonyl (C=O) groups is 1. The third kappa shape index (κ3) is 6.59. The van der Waals surface area contributed by atoms with Crippen molar-refractivity contribution >= 4 is 33.3 Å². The molecule has 0 bridgehead atoms. The van der Waals surface area contributed by atoms with Crippen LogP contribution in [0.1, 0.15) is 50.3 Å². The first kappa shape index (κ1) is 26.4. The number of nitrogens with zero attached hydrogens (tertiary/aromatic N) is 2. The van der Waals surface area contributed by atoms with Gasteiger partial charge in [0.1, 0.15) is 16.7 Å². The van der Waals surface area contributed by atoms with E-state index in [2.05, 4.69) is 59.7 Å². The first-order valence-electron chi connectivity index (χ1n) is 13.1. The average molecular weight is 530 g/mol. The number of nitrogens with one attached hydrogen (secondary N) is 1. The maximum Gasteiger partial charge on any atom is 0.412 e. The Morgan fingerprint density at radius 1 is 1.00 bits per heavy atom. The summed E-state index contributed by atoms with van der Waals surface area (Å²) in [6.07, 6.45) is 1.55. The number of para-hydroxylation sites is 1. The van der Waals surface area contributed by atoms with Crippen molar-refractivity contribution < 1.29 is 14.3 Å². The summed E-state index contributed by atoms with van der Waals surface area (Å²) in [6.45, 7) is 7.63. The summed E-state index contributed by atoms with van der Waals surface area (Å²) in [5, 5.41) is 3.78. The van der Waals surface area contributed by atoms with E-state index in [9.17, 15) is 4.79 Å². The van der Waals surface area contributed by atoms with Gasteiger partial charge < -0.3 is 14.4 Å². The Balaban J connectivity index is 1.40. The first-order chi connectivity index (χ1) is 18.2. The van der Waals surface area contributed by atoms with Gasteiger partial charge in [-0.05, 0) is 87.7 Å². The molecule has 5 rings (SSSR count). The van der Waals surface area contributed by atoms with Crippen molar-refractivity contribution in [2.75, 3.05) is 25.5 Å². The summed E-state index contributed by atoms with van der Waals surface area (Å²) < 4.78 is 13.3. The van der Waals surface area contributed by atoms with Gasteiger partial charge in [-0.2, -0.15) is 0 Å². The third-order valence-electron chi connectivity index (χ3n) is 6.58. The van der Waals surface area contributed by atoms with Crippen LogP contribution in [0.25, 0.3) is 21.3 Å². The van der Waals surface area contributed by atoms with Gasteiger partial charge in [-0.25, -0.2) is 9.78 Å². The number of hydrogen-bond acceptors (Lipinski definition) is 6. The van der Waals surface area contributed by atoms with Crippen LogP contribution in [-0.4, -0.2) is 47.8 Å². The molecule has 1 aliphatic heterocycles. The summed E-state index contributed by atoms with van der Waals surface area (Å²) in [7, 11) is 2.17. The largest absolute Gasteiger partial charge is 0.444 e. The number of amides is 1. The molecule has 6 nitrogen and oxygen atoms in total. The Labute approximate surface area is 228 Å². The fourth-order valence-corrected chi connectivity index (χ4v) is 5.68. The second-order valence-electron chi connectivity index (χ2n) is 10.9. The number of rotatable bonds is 6. The number of benzene rings is 3. The number of thiazole rings is 1. The lowest BCUT2D eigenvalue weighted by Gasteiger charge is -2.31. The van der Waals surface area contributed by atoms with Gasteiger partial charge in [-0.3, -0.25) is 5.32 Å². The molecule has 3 aromatic carbocycles. The van der Waals surface area contributed by atoms with E-state index < -0.39 is 11.7 Å². The van der Waals surface area contributed by atoms with Crippen LogP contribution in [-0.2, 0) is 9.47 Å². The Hall–Kier alpha value is -3.26. The lowest BCUT2D eigenvalue weighted by Crippen LogP contribution is -2.35. The molecule has 1 aromatic heterocycles. The highest BCUT2D eigenvalue weighted by atomic mass is 32.1. The molecule has 1 fully saturated rings. The van der Waals surface area contributed by atoms with Crippen molar-refractivity contribution in [2.45, 2.75) is 51.4 Å². The van der Waals surface area contributed by atoms with E-state index in [0.717, 1.165) is 53.1 Å². The van der Waals surface area contributed by atoms with Crippen LogP contribution in [0.2, 0.25) is 0 Å². The predicted octanol–water partition coefficient (Wildman–Crippen LogP) is 7.51. The average Bonchev–Trinajstić information content (AvgIpc) is 3.32. The maximum atomic E-state index is 12.1. The molecule has 1 unspecified atom stereocenters. The lowest BCUT2D eigenvalue weighted by atomic mass is 10.00. The van der Waals surface area contributed by atoms with Crippen LogP contribution < -0.4 is 5.32 Å². The van der Waals surface area contributed by atoms with Gasteiger partial charge in [0.15, 0.2) is 0 Å². The summed E-state index contributed by atoms with van der Waals surface area (Å²) in [4.78, 5) is 19.5. The minimum atomic E-state index is -0.542. The van der Waals surface area contributed by atoms with E-state index in [0.29, 0.717) is 5.69 Å². The standard InChI is InChI=1S/C31H35N3O3S/c1-31(2,3)37-30(35)32-24-14-12-21(13-15-24)22-8-7-9-23(20-22)28(36-25-16-18-34(4)19-17-25)29-33-26-10-5-6-11-27(26)38-29/h5-15,20,25,28H,16-19H2,1-4H3,(H,32,35). The summed E-state index contributed by atoms with van der Waals surface area (Å²) in [6, 6.07) is 24.6. The molecule has 38 heavy (non-hydrogen) atoms. The molecule has 1 atom stereocenters. The van der Waals surface area contributed by atoms with E-state index in [4.69, 9.17) is 14.5 Å². The van der Waals surface area contributed by atoms with E-state index in [1.54, 1.807) is 11.3 Å². The van der Waals surface area contributed by atoms with E-state index >= 15 is 0 Å². The molecular formula is C31H35N3O3S. The molecule has 7 heteroatoms. The molecule has 0 aliphatic carbocycles. The van der Waals surface area contributed by atoms with Crippen LogP contribution in [0.4, 0.5) is 10.5 Å². The van der Waals surface area contributed by atoms with Gasteiger partial charge in [-0.15, -0.1) is 11.3 Å². The Bertz CT molecular complexity index is 1350.